The molecule has 162 valence electrons. The highest BCUT2D eigenvalue weighted by Gasteiger charge is 2.21. The summed E-state index contributed by atoms with van der Waals surface area (Å²) in [7, 11) is 1.90. The van der Waals surface area contributed by atoms with Crippen LogP contribution in [0, 0.1) is 25.2 Å². The molecule has 2 heterocycles. The fourth-order valence-electron chi connectivity index (χ4n) is 3.57. The van der Waals surface area contributed by atoms with E-state index in [1.165, 1.54) is 0 Å². The first-order valence-electron chi connectivity index (χ1n) is 10.2. The van der Waals surface area contributed by atoms with E-state index in [2.05, 4.69) is 18.3 Å². The van der Waals surface area contributed by atoms with E-state index in [9.17, 15) is 15.2 Å². The SMILES string of the molecule is Cc1c(C#N)c(NC(=O)CN(C)C(C)Cc2ccc(O)cc2)n(Cc2ccco2)c1C. The Balaban J connectivity index is 1.71. The summed E-state index contributed by atoms with van der Waals surface area (Å²) in [6, 6.07) is 13.1. The maximum Gasteiger partial charge on any atom is 0.239 e. The number of aromatic nitrogens is 1. The lowest BCUT2D eigenvalue weighted by Gasteiger charge is -2.24. The van der Waals surface area contributed by atoms with Crippen molar-refractivity contribution in [3.05, 3.63) is 70.8 Å². The Hall–Kier alpha value is -3.50. The molecule has 0 aliphatic heterocycles. The number of anilines is 1. The van der Waals surface area contributed by atoms with Crippen LogP contribution in [0.15, 0.2) is 47.1 Å². The Morgan fingerprint density at radius 2 is 2.00 bits per heavy atom. The number of nitrogens with one attached hydrogen (secondary N) is 1. The standard InChI is InChI=1S/C24H28N4O3/c1-16(12-19-7-9-20(29)10-8-19)27(4)15-23(30)26-24-22(13-25)17(2)18(3)28(24)14-21-6-5-11-31-21/h5-11,16,29H,12,14-15H2,1-4H3,(H,26,30). The molecule has 2 aromatic heterocycles. The summed E-state index contributed by atoms with van der Waals surface area (Å²) in [5.74, 6) is 1.30. The fraction of sp³-hybridized carbons (Fsp3) is 0.333. The first-order valence-corrected chi connectivity index (χ1v) is 10.2. The minimum atomic E-state index is -0.185. The van der Waals surface area contributed by atoms with Gasteiger partial charge in [-0.1, -0.05) is 12.1 Å². The van der Waals surface area contributed by atoms with Crippen molar-refractivity contribution in [2.24, 2.45) is 0 Å². The summed E-state index contributed by atoms with van der Waals surface area (Å²) in [5.41, 5.74) is 3.32. The quantitative estimate of drug-likeness (QED) is 0.578. The highest BCUT2D eigenvalue weighted by atomic mass is 16.3. The molecule has 1 unspecified atom stereocenters. The van der Waals surface area contributed by atoms with Crippen LogP contribution in [0.2, 0.25) is 0 Å². The van der Waals surface area contributed by atoms with Crippen LogP contribution >= 0.6 is 0 Å². The molecule has 0 bridgehead atoms. The molecule has 7 nitrogen and oxygen atoms in total. The molecule has 0 aliphatic rings. The lowest BCUT2D eigenvalue weighted by molar-refractivity contribution is -0.117. The number of aromatic hydroxyl groups is 1. The predicted octanol–water partition coefficient (Wildman–Crippen LogP) is 3.83. The Kier molecular flexibility index (Phi) is 6.83. The van der Waals surface area contributed by atoms with Gasteiger partial charge in [0.15, 0.2) is 0 Å². The van der Waals surface area contributed by atoms with Gasteiger partial charge in [-0.3, -0.25) is 9.69 Å². The number of carbonyl (C=O) groups is 1. The number of amides is 1. The molecule has 3 rings (SSSR count). The summed E-state index contributed by atoms with van der Waals surface area (Å²) in [4.78, 5) is 14.8. The van der Waals surface area contributed by atoms with E-state index >= 15 is 0 Å². The van der Waals surface area contributed by atoms with Crippen molar-refractivity contribution in [2.75, 3.05) is 18.9 Å². The molecular weight excluding hydrogens is 392 g/mol. The number of furan rings is 1. The van der Waals surface area contributed by atoms with E-state index < -0.39 is 0 Å². The molecule has 1 atom stereocenters. The van der Waals surface area contributed by atoms with Gasteiger partial charge in [0.05, 0.1) is 24.9 Å². The van der Waals surface area contributed by atoms with Crippen molar-refractivity contribution >= 4 is 11.7 Å². The summed E-state index contributed by atoms with van der Waals surface area (Å²) in [6.07, 6.45) is 2.36. The number of phenols is 1. The zero-order valence-electron chi connectivity index (χ0n) is 18.3. The molecule has 0 saturated heterocycles. The van der Waals surface area contributed by atoms with Gasteiger partial charge >= 0.3 is 0 Å². The number of hydrogen-bond donors (Lipinski definition) is 2. The summed E-state index contributed by atoms with van der Waals surface area (Å²) >= 11 is 0. The Bertz CT molecular complexity index is 1080. The fourth-order valence-corrected chi connectivity index (χ4v) is 3.57. The van der Waals surface area contributed by atoms with E-state index in [0.717, 1.165) is 29.0 Å². The van der Waals surface area contributed by atoms with Crippen LogP contribution in [-0.2, 0) is 17.8 Å². The van der Waals surface area contributed by atoms with Crippen LogP contribution < -0.4 is 5.32 Å². The zero-order valence-corrected chi connectivity index (χ0v) is 18.3. The molecule has 2 N–H and O–H groups in total. The van der Waals surface area contributed by atoms with Crippen LogP contribution in [0.1, 0.15) is 35.1 Å². The van der Waals surface area contributed by atoms with Crippen molar-refractivity contribution in [2.45, 2.75) is 39.8 Å². The Morgan fingerprint density at radius 3 is 2.61 bits per heavy atom. The molecule has 0 radical (unpaired) electrons. The van der Waals surface area contributed by atoms with Gasteiger partial charge in [-0.25, -0.2) is 0 Å². The molecule has 0 fully saturated rings. The smallest absolute Gasteiger partial charge is 0.239 e. The average molecular weight is 421 g/mol. The van der Waals surface area contributed by atoms with Crippen molar-refractivity contribution in [3.63, 3.8) is 0 Å². The molecule has 1 aromatic carbocycles. The van der Waals surface area contributed by atoms with Gasteiger partial charge < -0.3 is 19.4 Å². The van der Waals surface area contributed by atoms with Gasteiger partial charge in [-0.2, -0.15) is 5.26 Å². The third-order valence-electron chi connectivity index (χ3n) is 5.71. The maximum absolute atomic E-state index is 12.8. The lowest BCUT2D eigenvalue weighted by Crippen LogP contribution is -2.38. The van der Waals surface area contributed by atoms with Crippen molar-refractivity contribution < 1.29 is 14.3 Å². The van der Waals surface area contributed by atoms with Gasteiger partial charge in [0.25, 0.3) is 0 Å². The topological polar surface area (TPSA) is 94.4 Å². The Morgan fingerprint density at radius 1 is 1.29 bits per heavy atom. The minimum Gasteiger partial charge on any atom is -0.508 e. The molecule has 0 saturated carbocycles. The molecule has 0 aliphatic carbocycles. The number of hydrogen-bond acceptors (Lipinski definition) is 5. The Labute approximate surface area is 182 Å². The van der Waals surface area contributed by atoms with E-state index in [-0.39, 0.29) is 24.2 Å². The van der Waals surface area contributed by atoms with Gasteiger partial charge in [-0.05, 0) is 69.6 Å². The molecule has 31 heavy (non-hydrogen) atoms. The van der Waals surface area contributed by atoms with Gasteiger partial charge in [0.1, 0.15) is 23.4 Å². The lowest BCUT2D eigenvalue weighted by atomic mass is 10.1. The minimum absolute atomic E-state index is 0.115. The molecule has 7 heteroatoms. The predicted molar refractivity (Wildman–Crippen MR) is 119 cm³/mol. The molecule has 1 amide bonds. The second-order valence-corrected chi connectivity index (χ2v) is 7.89. The van der Waals surface area contributed by atoms with Gasteiger partial charge in [0.2, 0.25) is 5.91 Å². The first-order chi connectivity index (χ1) is 14.8. The molecule has 3 aromatic rings. The van der Waals surface area contributed by atoms with E-state index in [1.807, 2.05) is 54.6 Å². The van der Waals surface area contributed by atoms with Gasteiger partial charge in [0, 0.05) is 11.7 Å². The average Bonchev–Trinajstić information content (AvgIpc) is 3.32. The van der Waals surface area contributed by atoms with Crippen LogP contribution in [0.4, 0.5) is 5.82 Å². The number of phenolic OH excluding ortho intramolecular Hbond substituents is 1. The first kappa shape index (κ1) is 22.2. The summed E-state index contributed by atoms with van der Waals surface area (Å²) in [6.45, 7) is 6.49. The normalized spacial score (nSPS) is 12.0. The highest BCUT2D eigenvalue weighted by Crippen LogP contribution is 2.27. The van der Waals surface area contributed by atoms with E-state index in [4.69, 9.17) is 4.42 Å². The molecule has 0 spiro atoms. The number of nitriles is 1. The van der Waals surface area contributed by atoms with E-state index in [1.54, 1.807) is 18.4 Å². The summed E-state index contributed by atoms with van der Waals surface area (Å²) in [5, 5.41) is 22.0. The number of carbonyl (C=O) groups excluding carboxylic acids is 1. The number of nitrogens with zero attached hydrogens (tertiary/aromatic N) is 3. The monoisotopic (exact) mass is 420 g/mol. The number of rotatable bonds is 8. The van der Waals surface area contributed by atoms with Crippen LogP contribution in [0.25, 0.3) is 0 Å². The third-order valence-corrected chi connectivity index (χ3v) is 5.71. The third kappa shape index (κ3) is 5.16. The second kappa shape index (κ2) is 9.54. The largest absolute Gasteiger partial charge is 0.508 e. The summed E-state index contributed by atoms with van der Waals surface area (Å²) < 4.78 is 7.36. The van der Waals surface area contributed by atoms with Crippen LogP contribution in [0.3, 0.4) is 0 Å². The zero-order chi connectivity index (χ0) is 22.5. The van der Waals surface area contributed by atoms with E-state index in [0.29, 0.717) is 17.9 Å². The number of likely N-dealkylation sites (N-methyl/N-ethyl adjacent to an activating group) is 1. The van der Waals surface area contributed by atoms with Crippen molar-refractivity contribution in [1.29, 1.82) is 5.26 Å². The maximum atomic E-state index is 12.8. The van der Waals surface area contributed by atoms with Gasteiger partial charge in [-0.15, -0.1) is 0 Å². The second-order valence-electron chi connectivity index (χ2n) is 7.89. The highest BCUT2D eigenvalue weighted by molar-refractivity contribution is 5.93. The number of benzene rings is 1. The van der Waals surface area contributed by atoms with Crippen LogP contribution in [0.5, 0.6) is 5.75 Å². The van der Waals surface area contributed by atoms with Crippen molar-refractivity contribution in [1.82, 2.24) is 9.47 Å². The molecular formula is C24H28N4O3. The van der Waals surface area contributed by atoms with Crippen LogP contribution in [-0.4, -0.2) is 40.1 Å². The van der Waals surface area contributed by atoms with Crippen molar-refractivity contribution in [3.8, 4) is 11.8 Å².